The standard InChI is InChI=1S/C33H29N3O4/c37-33(38)19-29(22-13-15-25-24-7-2-4-10-31(24)40-32(25)18-22)36-28-9-5-11-30(26(28)20-34-36)39-17-16-23-14-12-21-6-1-3-8-27(21)35-23/h2,4-5,7,9-15,18,20,29H,1,3,6,8,16-17,19H2,(H,37,38). The monoisotopic (exact) mass is 531 g/mol. The van der Waals surface area contributed by atoms with Crippen molar-refractivity contribution in [3.8, 4) is 5.75 Å². The molecule has 0 aliphatic heterocycles. The van der Waals surface area contributed by atoms with Crippen molar-refractivity contribution < 1.29 is 19.1 Å². The molecule has 200 valence electrons. The van der Waals surface area contributed by atoms with E-state index in [1.54, 1.807) is 10.9 Å². The number of nitrogens with zero attached hydrogens (tertiary/aromatic N) is 3. The maximum Gasteiger partial charge on any atom is 0.305 e. The number of carboxylic acid groups (broad SMARTS) is 1. The predicted octanol–water partition coefficient (Wildman–Crippen LogP) is 6.90. The number of benzene rings is 3. The van der Waals surface area contributed by atoms with Crippen molar-refractivity contribution in [1.29, 1.82) is 0 Å². The lowest BCUT2D eigenvalue weighted by atomic mass is 9.96. The van der Waals surface area contributed by atoms with Crippen molar-refractivity contribution in [1.82, 2.24) is 14.8 Å². The smallest absolute Gasteiger partial charge is 0.305 e. The van der Waals surface area contributed by atoms with Gasteiger partial charge in [0.25, 0.3) is 0 Å². The molecule has 3 aromatic heterocycles. The second-order valence-electron chi connectivity index (χ2n) is 10.5. The summed E-state index contributed by atoms with van der Waals surface area (Å²) in [4.78, 5) is 16.8. The number of para-hydroxylation sites is 1. The van der Waals surface area contributed by atoms with Crippen LogP contribution in [0.25, 0.3) is 32.8 Å². The molecule has 0 saturated heterocycles. The number of pyridine rings is 1. The Hall–Kier alpha value is -4.65. The van der Waals surface area contributed by atoms with E-state index in [2.05, 4.69) is 17.2 Å². The van der Waals surface area contributed by atoms with E-state index in [0.717, 1.165) is 69.1 Å². The third kappa shape index (κ3) is 4.47. The fraction of sp³-hybridized carbons (Fsp3) is 0.242. The van der Waals surface area contributed by atoms with Crippen LogP contribution in [-0.2, 0) is 24.1 Å². The maximum absolute atomic E-state index is 12.0. The Morgan fingerprint density at radius 2 is 1.82 bits per heavy atom. The van der Waals surface area contributed by atoms with E-state index in [1.807, 2.05) is 60.7 Å². The van der Waals surface area contributed by atoms with Gasteiger partial charge < -0.3 is 14.3 Å². The number of fused-ring (bicyclic) bond motifs is 5. The molecule has 40 heavy (non-hydrogen) atoms. The first-order chi connectivity index (χ1) is 19.6. The highest BCUT2D eigenvalue weighted by molar-refractivity contribution is 6.05. The largest absolute Gasteiger partial charge is 0.492 e. The van der Waals surface area contributed by atoms with Crippen LogP contribution < -0.4 is 4.74 Å². The van der Waals surface area contributed by atoms with Gasteiger partial charge in [0.1, 0.15) is 16.9 Å². The number of hydrogen-bond donors (Lipinski definition) is 1. The topological polar surface area (TPSA) is 90.4 Å². The Labute approximate surface area is 231 Å². The van der Waals surface area contributed by atoms with Crippen molar-refractivity contribution in [2.24, 2.45) is 0 Å². The average molecular weight is 532 g/mol. The second kappa shape index (κ2) is 10.2. The Morgan fingerprint density at radius 3 is 2.75 bits per heavy atom. The van der Waals surface area contributed by atoms with Gasteiger partial charge in [-0.3, -0.25) is 14.5 Å². The molecule has 0 amide bonds. The Kier molecular flexibility index (Phi) is 6.19. The minimum atomic E-state index is -0.900. The van der Waals surface area contributed by atoms with E-state index < -0.39 is 12.0 Å². The van der Waals surface area contributed by atoms with Gasteiger partial charge in [0.05, 0.1) is 36.2 Å². The number of hydrogen-bond acceptors (Lipinski definition) is 5. The van der Waals surface area contributed by atoms with Gasteiger partial charge in [0.2, 0.25) is 0 Å². The van der Waals surface area contributed by atoms with Gasteiger partial charge in [0, 0.05) is 28.6 Å². The average Bonchev–Trinajstić information content (AvgIpc) is 3.57. The first kappa shape index (κ1) is 24.4. The van der Waals surface area contributed by atoms with Crippen molar-refractivity contribution >= 4 is 38.8 Å². The highest BCUT2D eigenvalue weighted by atomic mass is 16.5. The Bertz CT molecular complexity index is 1870. The van der Waals surface area contributed by atoms with E-state index in [0.29, 0.717) is 6.61 Å². The van der Waals surface area contributed by atoms with E-state index in [1.165, 1.54) is 24.1 Å². The summed E-state index contributed by atoms with van der Waals surface area (Å²) in [6, 6.07) is 23.4. The maximum atomic E-state index is 12.0. The summed E-state index contributed by atoms with van der Waals surface area (Å²) < 4.78 is 14.1. The van der Waals surface area contributed by atoms with Crippen LogP contribution in [0.2, 0.25) is 0 Å². The fourth-order valence-corrected chi connectivity index (χ4v) is 5.91. The van der Waals surface area contributed by atoms with Crippen LogP contribution in [0.5, 0.6) is 5.75 Å². The zero-order valence-corrected chi connectivity index (χ0v) is 22.0. The van der Waals surface area contributed by atoms with Crippen molar-refractivity contribution in [2.75, 3.05) is 6.61 Å². The van der Waals surface area contributed by atoms with Crippen LogP contribution in [0.4, 0.5) is 0 Å². The molecule has 7 rings (SSSR count). The highest BCUT2D eigenvalue weighted by Gasteiger charge is 2.23. The molecule has 0 bridgehead atoms. The number of rotatable bonds is 8. The molecular weight excluding hydrogens is 502 g/mol. The van der Waals surface area contributed by atoms with E-state index in [4.69, 9.17) is 14.1 Å². The first-order valence-electron chi connectivity index (χ1n) is 13.8. The number of furan rings is 1. The molecule has 1 atom stereocenters. The number of ether oxygens (including phenoxy) is 1. The predicted molar refractivity (Wildman–Crippen MR) is 154 cm³/mol. The number of carboxylic acids is 1. The van der Waals surface area contributed by atoms with Crippen LogP contribution >= 0.6 is 0 Å². The van der Waals surface area contributed by atoms with Crippen LogP contribution in [0.1, 0.15) is 47.8 Å². The molecule has 0 radical (unpaired) electrons. The lowest BCUT2D eigenvalue weighted by Crippen LogP contribution is -2.16. The van der Waals surface area contributed by atoms with Gasteiger partial charge in [-0.05, 0) is 67.1 Å². The van der Waals surface area contributed by atoms with Gasteiger partial charge in [-0.1, -0.05) is 42.5 Å². The number of aryl methyl sites for hydroxylation is 2. The summed E-state index contributed by atoms with van der Waals surface area (Å²) in [7, 11) is 0. The molecule has 3 aromatic carbocycles. The number of carbonyl (C=O) groups is 1. The van der Waals surface area contributed by atoms with Crippen molar-refractivity contribution in [3.63, 3.8) is 0 Å². The third-order valence-electron chi connectivity index (χ3n) is 7.90. The zero-order chi connectivity index (χ0) is 27.1. The minimum Gasteiger partial charge on any atom is -0.492 e. The quantitative estimate of drug-likeness (QED) is 0.230. The SMILES string of the molecule is O=C(O)CC(c1ccc2c(c1)oc1ccccc12)n1ncc2c(OCCc3ccc4c(n3)CCCC4)cccc21. The summed E-state index contributed by atoms with van der Waals surface area (Å²) in [5.41, 5.74) is 6.84. The molecule has 1 aliphatic carbocycles. The molecule has 0 saturated carbocycles. The summed E-state index contributed by atoms with van der Waals surface area (Å²) in [5, 5.41) is 17.3. The van der Waals surface area contributed by atoms with Crippen LogP contribution in [0.3, 0.4) is 0 Å². The normalized spacial score (nSPS) is 14.0. The lowest BCUT2D eigenvalue weighted by molar-refractivity contribution is -0.137. The highest BCUT2D eigenvalue weighted by Crippen LogP contribution is 2.35. The lowest BCUT2D eigenvalue weighted by Gasteiger charge is -2.18. The van der Waals surface area contributed by atoms with Crippen molar-refractivity contribution in [3.05, 3.63) is 102 Å². The molecule has 7 nitrogen and oxygen atoms in total. The summed E-state index contributed by atoms with van der Waals surface area (Å²) in [6.45, 7) is 0.497. The fourth-order valence-electron chi connectivity index (χ4n) is 5.91. The van der Waals surface area contributed by atoms with Gasteiger partial charge in [-0.25, -0.2) is 0 Å². The van der Waals surface area contributed by atoms with Crippen LogP contribution in [-0.4, -0.2) is 32.4 Å². The van der Waals surface area contributed by atoms with Gasteiger partial charge in [0.15, 0.2) is 0 Å². The molecule has 0 fully saturated rings. The van der Waals surface area contributed by atoms with Crippen molar-refractivity contribution in [2.45, 2.75) is 44.6 Å². The van der Waals surface area contributed by atoms with E-state index in [-0.39, 0.29) is 6.42 Å². The molecule has 1 unspecified atom stereocenters. The molecule has 3 heterocycles. The third-order valence-corrected chi connectivity index (χ3v) is 7.90. The molecule has 1 aliphatic rings. The summed E-state index contributed by atoms with van der Waals surface area (Å²) in [5.74, 6) is -0.174. The molecule has 1 N–H and O–H groups in total. The Morgan fingerprint density at radius 1 is 0.950 bits per heavy atom. The zero-order valence-electron chi connectivity index (χ0n) is 22.0. The first-order valence-corrected chi connectivity index (χ1v) is 13.8. The molecule has 6 aromatic rings. The van der Waals surface area contributed by atoms with E-state index in [9.17, 15) is 9.90 Å². The second-order valence-corrected chi connectivity index (χ2v) is 10.5. The van der Waals surface area contributed by atoms with Crippen LogP contribution in [0, 0.1) is 0 Å². The summed E-state index contributed by atoms with van der Waals surface area (Å²) in [6.07, 6.45) is 7.01. The Balaban J connectivity index is 1.17. The molecule has 7 heteroatoms. The van der Waals surface area contributed by atoms with E-state index >= 15 is 0 Å². The van der Waals surface area contributed by atoms with Crippen LogP contribution in [0.15, 0.2) is 83.4 Å². The van der Waals surface area contributed by atoms with Gasteiger partial charge in [-0.2, -0.15) is 5.10 Å². The van der Waals surface area contributed by atoms with Gasteiger partial charge >= 0.3 is 5.97 Å². The van der Waals surface area contributed by atoms with Gasteiger partial charge in [-0.15, -0.1) is 0 Å². The number of aliphatic carboxylic acids is 1. The molecule has 0 spiro atoms. The summed E-state index contributed by atoms with van der Waals surface area (Å²) >= 11 is 0. The number of aromatic nitrogens is 3. The molecular formula is C33H29N3O4. The minimum absolute atomic E-state index is 0.113.